The van der Waals surface area contributed by atoms with Gasteiger partial charge >= 0.3 is 0 Å². The third-order valence-electron chi connectivity index (χ3n) is 5.43. The van der Waals surface area contributed by atoms with E-state index in [-0.39, 0.29) is 0 Å². The predicted octanol–water partition coefficient (Wildman–Crippen LogP) is 2.40. The molecule has 0 bridgehead atoms. The predicted molar refractivity (Wildman–Crippen MR) is 93.5 cm³/mol. The van der Waals surface area contributed by atoms with Crippen molar-refractivity contribution in [1.82, 2.24) is 4.90 Å². The summed E-state index contributed by atoms with van der Waals surface area (Å²) in [4.78, 5) is 2.62. The lowest BCUT2D eigenvalue weighted by atomic mass is 9.41. The summed E-state index contributed by atoms with van der Waals surface area (Å²) in [7, 11) is 0. The summed E-state index contributed by atoms with van der Waals surface area (Å²) < 4.78 is 0. The molecule has 2 heterocycles. The van der Waals surface area contributed by atoms with Crippen LogP contribution >= 0.6 is 0 Å². The average Bonchev–Trinajstić information content (AvgIpc) is 2.78. The highest BCUT2D eigenvalue weighted by Crippen LogP contribution is 2.29. The molecule has 0 aliphatic carbocycles. The Balaban J connectivity index is 1.73. The minimum absolute atomic E-state index is 0.425. The number of hydrogen-bond donors (Lipinski definition) is 1. The fourth-order valence-electron chi connectivity index (χ4n) is 4.09. The van der Waals surface area contributed by atoms with Crippen LogP contribution in [0.3, 0.4) is 0 Å². The van der Waals surface area contributed by atoms with Gasteiger partial charge in [-0.2, -0.15) is 0 Å². The molecule has 0 spiro atoms. The SMILES string of the molecule is C=C(C)c1cccc2c1B(C)C(CN1CCC(N)CC1)C2. The second-order valence-corrected chi connectivity index (χ2v) is 7.05. The smallest absolute Gasteiger partial charge is 0.178 e. The van der Waals surface area contributed by atoms with Crippen molar-refractivity contribution in [2.45, 2.75) is 44.9 Å². The maximum Gasteiger partial charge on any atom is 0.178 e. The van der Waals surface area contributed by atoms with Gasteiger partial charge in [-0.15, -0.1) is 0 Å². The lowest BCUT2D eigenvalue weighted by Gasteiger charge is -2.32. The Morgan fingerprint density at radius 1 is 1.38 bits per heavy atom. The quantitative estimate of drug-likeness (QED) is 0.863. The summed E-state index contributed by atoms with van der Waals surface area (Å²) >= 11 is 0. The lowest BCUT2D eigenvalue weighted by molar-refractivity contribution is 0.211. The van der Waals surface area contributed by atoms with Crippen molar-refractivity contribution in [3.05, 3.63) is 35.9 Å². The molecule has 1 fully saturated rings. The van der Waals surface area contributed by atoms with Crippen molar-refractivity contribution in [2.75, 3.05) is 19.6 Å². The van der Waals surface area contributed by atoms with Gasteiger partial charge in [0.15, 0.2) is 6.71 Å². The van der Waals surface area contributed by atoms with Gasteiger partial charge in [-0.05, 0) is 57.2 Å². The Hall–Kier alpha value is -1.06. The van der Waals surface area contributed by atoms with E-state index < -0.39 is 0 Å². The van der Waals surface area contributed by atoms with Gasteiger partial charge in [0.2, 0.25) is 0 Å². The minimum Gasteiger partial charge on any atom is -0.328 e. The van der Waals surface area contributed by atoms with E-state index in [0.717, 1.165) is 18.7 Å². The van der Waals surface area contributed by atoms with Gasteiger partial charge in [-0.25, -0.2) is 0 Å². The Kier molecular flexibility index (Phi) is 4.23. The molecule has 2 aliphatic heterocycles. The zero-order valence-electron chi connectivity index (χ0n) is 13.4. The van der Waals surface area contributed by atoms with Crippen LogP contribution in [0.4, 0.5) is 0 Å². The van der Waals surface area contributed by atoms with Crippen LogP contribution in [-0.2, 0) is 6.42 Å². The highest BCUT2D eigenvalue weighted by atomic mass is 15.1. The zero-order chi connectivity index (χ0) is 15.0. The molecule has 1 aromatic rings. The Morgan fingerprint density at radius 3 is 2.76 bits per heavy atom. The van der Waals surface area contributed by atoms with Crippen LogP contribution in [0.15, 0.2) is 24.8 Å². The van der Waals surface area contributed by atoms with Gasteiger partial charge in [0.05, 0.1) is 0 Å². The Labute approximate surface area is 129 Å². The number of nitrogens with zero attached hydrogens (tertiary/aromatic N) is 1. The number of fused-ring (bicyclic) bond motifs is 1. The molecule has 0 saturated carbocycles. The molecule has 3 heteroatoms. The fourth-order valence-corrected chi connectivity index (χ4v) is 4.09. The topological polar surface area (TPSA) is 29.3 Å². The Morgan fingerprint density at radius 2 is 2.10 bits per heavy atom. The van der Waals surface area contributed by atoms with E-state index in [1.54, 1.807) is 11.0 Å². The molecule has 2 N–H and O–H groups in total. The van der Waals surface area contributed by atoms with E-state index in [1.165, 1.54) is 37.2 Å². The van der Waals surface area contributed by atoms with Crippen molar-refractivity contribution in [1.29, 1.82) is 0 Å². The van der Waals surface area contributed by atoms with Crippen molar-refractivity contribution < 1.29 is 0 Å². The van der Waals surface area contributed by atoms with E-state index >= 15 is 0 Å². The van der Waals surface area contributed by atoms with Crippen LogP contribution in [-0.4, -0.2) is 37.3 Å². The maximum absolute atomic E-state index is 6.02. The molecular weight excluding hydrogens is 255 g/mol. The largest absolute Gasteiger partial charge is 0.328 e. The van der Waals surface area contributed by atoms with E-state index in [0.29, 0.717) is 12.8 Å². The van der Waals surface area contributed by atoms with Crippen LogP contribution in [0.1, 0.15) is 30.9 Å². The second kappa shape index (κ2) is 5.98. The molecule has 0 amide bonds. The molecule has 1 saturated heterocycles. The number of nitrogens with two attached hydrogens (primary N) is 1. The van der Waals surface area contributed by atoms with Crippen molar-refractivity contribution in [3.8, 4) is 0 Å². The molecule has 1 aromatic carbocycles. The van der Waals surface area contributed by atoms with Crippen LogP contribution in [0.5, 0.6) is 0 Å². The van der Waals surface area contributed by atoms with Crippen molar-refractivity contribution in [3.63, 3.8) is 0 Å². The summed E-state index contributed by atoms with van der Waals surface area (Å²) in [6.45, 7) is 12.9. The van der Waals surface area contributed by atoms with Crippen molar-refractivity contribution >= 4 is 17.7 Å². The fraction of sp³-hybridized carbons (Fsp3) is 0.556. The molecule has 0 radical (unpaired) electrons. The molecule has 112 valence electrons. The number of benzene rings is 1. The molecule has 2 nitrogen and oxygen atoms in total. The molecule has 2 aliphatic rings. The first-order valence-electron chi connectivity index (χ1n) is 8.32. The van der Waals surface area contributed by atoms with Gasteiger partial charge in [-0.3, -0.25) is 0 Å². The average molecular weight is 282 g/mol. The van der Waals surface area contributed by atoms with Crippen molar-refractivity contribution in [2.24, 2.45) is 5.73 Å². The first-order valence-corrected chi connectivity index (χ1v) is 8.32. The van der Waals surface area contributed by atoms with Crippen LogP contribution < -0.4 is 11.2 Å². The van der Waals surface area contributed by atoms with E-state index in [1.807, 2.05) is 0 Å². The second-order valence-electron chi connectivity index (χ2n) is 7.05. The number of likely N-dealkylation sites (tertiary alicyclic amines) is 1. The first-order chi connectivity index (χ1) is 10.1. The standard InChI is InChI=1S/C18H27BN2/c1-13(2)17-6-4-5-14-11-15(19(3)18(14)17)12-21-9-7-16(20)8-10-21/h4-6,15-16H,1,7-12,20H2,2-3H3. The lowest BCUT2D eigenvalue weighted by Crippen LogP contribution is -2.43. The third kappa shape index (κ3) is 2.95. The number of rotatable bonds is 3. The van der Waals surface area contributed by atoms with Crippen LogP contribution in [0.25, 0.3) is 5.57 Å². The zero-order valence-corrected chi connectivity index (χ0v) is 13.4. The van der Waals surface area contributed by atoms with Gasteiger partial charge < -0.3 is 10.6 Å². The highest BCUT2D eigenvalue weighted by molar-refractivity contribution is 6.76. The van der Waals surface area contributed by atoms with E-state index in [4.69, 9.17) is 5.73 Å². The summed E-state index contributed by atoms with van der Waals surface area (Å²) in [5.74, 6) is 0.745. The summed E-state index contributed by atoms with van der Waals surface area (Å²) in [5.41, 5.74) is 11.7. The number of hydrogen-bond acceptors (Lipinski definition) is 2. The van der Waals surface area contributed by atoms with Gasteiger partial charge in [0.1, 0.15) is 0 Å². The maximum atomic E-state index is 6.02. The number of piperidine rings is 1. The van der Waals surface area contributed by atoms with E-state index in [9.17, 15) is 0 Å². The summed E-state index contributed by atoms with van der Waals surface area (Å²) in [6, 6.07) is 7.16. The summed E-state index contributed by atoms with van der Waals surface area (Å²) in [5, 5.41) is 0. The normalized spacial score (nSPS) is 23.4. The Bertz CT molecular complexity index is 532. The first kappa shape index (κ1) is 14.9. The third-order valence-corrected chi connectivity index (χ3v) is 5.43. The van der Waals surface area contributed by atoms with Crippen LogP contribution in [0, 0.1) is 0 Å². The molecule has 1 atom stereocenters. The molecule has 21 heavy (non-hydrogen) atoms. The highest BCUT2D eigenvalue weighted by Gasteiger charge is 2.35. The molecule has 3 rings (SSSR count). The molecule has 1 unspecified atom stereocenters. The van der Waals surface area contributed by atoms with E-state index in [2.05, 4.69) is 43.4 Å². The van der Waals surface area contributed by atoms with Gasteiger partial charge in [-0.1, -0.05) is 48.2 Å². The van der Waals surface area contributed by atoms with Crippen LogP contribution in [0.2, 0.25) is 12.6 Å². The van der Waals surface area contributed by atoms with Gasteiger partial charge in [0, 0.05) is 6.04 Å². The molecule has 0 aromatic heterocycles. The molecular formula is C18H27BN2. The number of allylic oxidation sites excluding steroid dienone is 1. The van der Waals surface area contributed by atoms with Gasteiger partial charge in [0.25, 0.3) is 0 Å². The monoisotopic (exact) mass is 282 g/mol. The minimum atomic E-state index is 0.425. The summed E-state index contributed by atoms with van der Waals surface area (Å²) in [6.07, 6.45) is 3.54.